The Bertz CT molecular complexity index is 954. The van der Waals surface area contributed by atoms with E-state index >= 15 is 0 Å². The second-order valence-corrected chi connectivity index (χ2v) is 6.44. The van der Waals surface area contributed by atoms with Crippen LogP contribution < -0.4 is 5.32 Å². The standard InChI is InChI=1S/C18H15N3O3S/c1-12-7-8-14(10-15(12)21(23)24)20-17(22)11-25-16-6-2-4-13-5-3-9-19-18(13)16/h2-10H,11H2,1H3,(H,20,22). The number of benzene rings is 2. The van der Waals surface area contributed by atoms with E-state index in [1.165, 1.54) is 17.8 Å². The van der Waals surface area contributed by atoms with Crippen LogP contribution in [0, 0.1) is 17.0 Å². The minimum atomic E-state index is -0.457. The zero-order valence-electron chi connectivity index (χ0n) is 13.4. The summed E-state index contributed by atoms with van der Waals surface area (Å²) in [6, 6.07) is 14.3. The summed E-state index contributed by atoms with van der Waals surface area (Å²) >= 11 is 1.38. The number of para-hydroxylation sites is 1. The third-order valence-corrected chi connectivity index (χ3v) is 4.69. The summed E-state index contributed by atoms with van der Waals surface area (Å²) in [7, 11) is 0. The molecule has 3 aromatic rings. The fourth-order valence-corrected chi connectivity index (χ4v) is 3.26. The Kier molecular flexibility index (Phi) is 4.95. The van der Waals surface area contributed by atoms with Crippen LogP contribution in [0.3, 0.4) is 0 Å². The van der Waals surface area contributed by atoms with E-state index < -0.39 is 4.92 Å². The Balaban J connectivity index is 1.69. The molecule has 0 saturated heterocycles. The molecule has 0 atom stereocenters. The van der Waals surface area contributed by atoms with E-state index in [4.69, 9.17) is 0 Å². The number of amides is 1. The highest BCUT2D eigenvalue weighted by atomic mass is 32.2. The third-order valence-electron chi connectivity index (χ3n) is 3.64. The highest BCUT2D eigenvalue weighted by Gasteiger charge is 2.13. The molecule has 1 aromatic heterocycles. The molecule has 0 bridgehead atoms. The van der Waals surface area contributed by atoms with Gasteiger partial charge in [-0.15, -0.1) is 11.8 Å². The van der Waals surface area contributed by atoms with Crippen LogP contribution in [0.25, 0.3) is 10.9 Å². The zero-order valence-corrected chi connectivity index (χ0v) is 14.2. The molecule has 25 heavy (non-hydrogen) atoms. The summed E-state index contributed by atoms with van der Waals surface area (Å²) in [5.74, 6) is -0.0340. The van der Waals surface area contributed by atoms with Gasteiger partial charge in [0.25, 0.3) is 5.69 Å². The first kappa shape index (κ1) is 16.9. The molecule has 0 aliphatic rings. The Morgan fingerprint density at radius 3 is 2.84 bits per heavy atom. The molecule has 0 fully saturated rings. The highest BCUT2D eigenvalue weighted by molar-refractivity contribution is 8.00. The van der Waals surface area contributed by atoms with Gasteiger partial charge in [-0.25, -0.2) is 0 Å². The van der Waals surface area contributed by atoms with E-state index in [9.17, 15) is 14.9 Å². The monoisotopic (exact) mass is 353 g/mol. The molecule has 3 rings (SSSR count). The van der Waals surface area contributed by atoms with Crippen molar-refractivity contribution in [2.45, 2.75) is 11.8 Å². The number of fused-ring (bicyclic) bond motifs is 1. The summed E-state index contributed by atoms with van der Waals surface area (Å²) in [4.78, 5) is 28.0. The van der Waals surface area contributed by atoms with Gasteiger partial charge in [0.15, 0.2) is 0 Å². The number of aromatic nitrogens is 1. The molecule has 0 saturated carbocycles. The van der Waals surface area contributed by atoms with Crippen molar-refractivity contribution in [3.05, 3.63) is 70.4 Å². The number of thioether (sulfide) groups is 1. The summed E-state index contributed by atoms with van der Waals surface area (Å²) in [5, 5.41) is 14.7. The van der Waals surface area contributed by atoms with Crippen LogP contribution in [0.1, 0.15) is 5.56 Å². The number of nitro benzene ring substituents is 1. The van der Waals surface area contributed by atoms with Gasteiger partial charge in [-0.3, -0.25) is 19.9 Å². The van der Waals surface area contributed by atoms with Gasteiger partial charge in [-0.2, -0.15) is 0 Å². The van der Waals surface area contributed by atoms with Crippen LogP contribution in [0.5, 0.6) is 0 Å². The minimum absolute atomic E-state index is 0.0105. The fourth-order valence-electron chi connectivity index (χ4n) is 2.42. The number of aryl methyl sites for hydroxylation is 1. The fraction of sp³-hybridized carbons (Fsp3) is 0.111. The molecule has 1 heterocycles. The van der Waals surface area contributed by atoms with Crippen molar-refractivity contribution >= 4 is 39.9 Å². The van der Waals surface area contributed by atoms with Gasteiger partial charge in [0, 0.05) is 33.8 Å². The van der Waals surface area contributed by atoms with Crippen molar-refractivity contribution in [3.8, 4) is 0 Å². The zero-order chi connectivity index (χ0) is 17.8. The summed E-state index contributed by atoms with van der Waals surface area (Å²) in [5.41, 5.74) is 1.82. The van der Waals surface area contributed by atoms with Gasteiger partial charge in [-0.05, 0) is 25.1 Å². The molecule has 7 heteroatoms. The second-order valence-electron chi connectivity index (χ2n) is 5.43. The molecule has 0 radical (unpaired) electrons. The Morgan fingerprint density at radius 1 is 1.24 bits per heavy atom. The van der Waals surface area contributed by atoms with Gasteiger partial charge in [0.1, 0.15) is 0 Å². The van der Waals surface area contributed by atoms with Crippen LogP contribution in [-0.2, 0) is 4.79 Å². The number of carbonyl (C=O) groups excluding carboxylic acids is 1. The maximum absolute atomic E-state index is 12.2. The lowest BCUT2D eigenvalue weighted by Gasteiger charge is -2.07. The lowest BCUT2D eigenvalue weighted by molar-refractivity contribution is -0.385. The molecule has 6 nitrogen and oxygen atoms in total. The number of rotatable bonds is 5. The van der Waals surface area contributed by atoms with Gasteiger partial charge in [0.05, 0.1) is 16.2 Å². The van der Waals surface area contributed by atoms with Gasteiger partial charge >= 0.3 is 0 Å². The number of nitrogens with zero attached hydrogens (tertiary/aromatic N) is 2. The van der Waals surface area contributed by atoms with Crippen molar-refractivity contribution in [3.63, 3.8) is 0 Å². The van der Waals surface area contributed by atoms with E-state index in [1.54, 1.807) is 25.3 Å². The molecule has 0 unspecified atom stereocenters. The van der Waals surface area contributed by atoms with Crippen molar-refractivity contribution in [2.24, 2.45) is 0 Å². The van der Waals surface area contributed by atoms with E-state index in [2.05, 4.69) is 10.3 Å². The first-order valence-corrected chi connectivity index (χ1v) is 8.54. The molecule has 0 spiro atoms. The average Bonchev–Trinajstić information content (AvgIpc) is 2.61. The van der Waals surface area contributed by atoms with Crippen molar-refractivity contribution in [2.75, 3.05) is 11.1 Å². The highest BCUT2D eigenvalue weighted by Crippen LogP contribution is 2.27. The summed E-state index contributed by atoms with van der Waals surface area (Å²) < 4.78 is 0. The normalized spacial score (nSPS) is 10.6. The molecule has 2 aromatic carbocycles. The average molecular weight is 353 g/mol. The van der Waals surface area contributed by atoms with Gasteiger partial charge in [0.2, 0.25) is 5.91 Å². The number of carbonyl (C=O) groups is 1. The first-order valence-electron chi connectivity index (χ1n) is 7.56. The number of hydrogen-bond donors (Lipinski definition) is 1. The van der Waals surface area contributed by atoms with E-state index in [0.29, 0.717) is 11.3 Å². The van der Waals surface area contributed by atoms with Crippen molar-refractivity contribution in [1.29, 1.82) is 0 Å². The van der Waals surface area contributed by atoms with Crippen molar-refractivity contribution in [1.82, 2.24) is 4.98 Å². The maximum Gasteiger partial charge on any atom is 0.274 e. The number of pyridine rings is 1. The molecule has 126 valence electrons. The lowest BCUT2D eigenvalue weighted by Crippen LogP contribution is -2.14. The van der Waals surface area contributed by atoms with Crippen LogP contribution in [0.2, 0.25) is 0 Å². The van der Waals surface area contributed by atoms with E-state index in [-0.39, 0.29) is 17.3 Å². The number of nitro groups is 1. The third kappa shape index (κ3) is 3.95. The Morgan fingerprint density at radius 2 is 2.04 bits per heavy atom. The quantitative estimate of drug-likeness (QED) is 0.422. The molecular formula is C18H15N3O3S. The van der Waals surface area contributed by atoms with Crippen LogP contribution in [0.15, 0.2) is 59.6 Å². The molecule has 0 aliphatic carbocycles. The number of anilines is 1. The number of nitrogens with one attached hydrogen (secondary N) is 1. The maximum atomic E-state index is 12.2. The predicted molar refractivity (Wildman–Crippen MR) is 98.9 cm³/mol. The molecular weight excluding hydrogens is 338 g/mol. The number of hydrogen-bond acceptors (Lipinski definition) is 5. The predicted octanol–water partition coefficient (Wildman–Crippen LogP) is 4.18. The SMILES string of the molecule is Cc1ccc(NC(=O)CSc2cccc3cccnc23)cc1[N+](=O)[O-]. The Labute approximate surface area is 148 Å². The molecule has 0 aliphatic heterocycles. The lowest BCUT2D eigenvalue weighted by atomic mass is 10.2. The molecule has 1 amide bonds. The van der Waals surface area contributed by atoms with Gasteiger partial charge in [-0.1, -0.05) is 24.3 Å². The smallest absolute Gasteiger partial charge is 0.274 e. The van der Waals surface area contributed by atoms with Crippen LogP contribution >= 0.6 is 11.8 Å². The second kappa shape index (κ2) is 7.31. The van der Waals surface area contributed by atoms with Crippen LogP contribution in [-0.4, -0.2) is 21.6 Å². The van der Waals surface area contributed by atoms with Crippen LogP contribution in [0.4, 0.5) is 11.4 Å². The van der Waals surface area contributed by atoms with E-state index in [0.717, 1.165) is 15.8 Å². The van der Waals surface area contributed by atoms with Crippen molar-refractivity contribution < 1.29 is 9.72 Å². The molecule has 1 N–H and O–H groups in total. The topological polar surface area (TPSA) is 85.1 Å². The summed E-state index contributed by atoms with van der Waals surface area (Å²) in [6.07, 6.45) is 1.72. The first-order chi connectivity index (χ1) is 12.0. The van der Waals surface area contributed by atoms with Gasteiger partial charge < -0.3 is 5.32 Å². The summed E-state index contributed by atoms with van der Waals surface area (Å²) in [6.45, 7) is 1.66. The Hall–Kier alpha value is -2.93. The minimum Gasteiger partial charge on any atom is -0.325 e. The largest absolute Gasteiger partial charge is 0.325 e. The van der Waals surface area contributed by atoms with E-state index in [1.807, 2.05) is 30.3 Å².